The van der Waals surface area contributed by atoms with Crippen molar-refractivity contribution in [3.05, 3.63) is 30.0 Å². The van der Waals surface area contributed by atoms with Crippen LogP contribution in [0.4, 0.5) is 5.69 Å². The molecule has 0 aliphatic heterocycles. The molecule has 0 aliphatic carbocycles. The van der Waals surface area contributed by atoms with E-state index in [0.29, 0.717) is 11.3 Å². The topological polar surface area (TPSA) is 65.6 Å². The van der Waals surface area contributed by atoms with Gasteiger partial charge in [0.15, 0.2) is 0 Å². The number of fused-ring (bicyclic) bond motifs is 1. The second-order valence-corrected chi connectivity index (χ2v) is 2.62. The second kappa shape index (κ2) is 2.28. The normalized spacial score (nSPS) is 9.92. The highest BCUT2D eigenvalue weighted by Gasteiger charge is 1.99. The van der Waals surface area contributed by atoms with Crippen LogP contribution in [0, 0.1) is 11.3 Å². The first-order chi connectivity index (χ1) is 5.81. The van der Waals surface area contributed by atoms with E-state index < -0.39 is 0 Å². The van der Waals surface area contributed by atoms with Crippen LogP contribution < -0.4 is 5.73 Å². The molecule has 3 heteroatoms. The number of rotatable bonds is 0. The lowest BCUT2D eigenvalue weighted by Gasteiger charge is -1.91. The van der Waals surface area contributed by atoms with E-state index in [1.807, 2.05) is 6.07 Å². The van der Waals surface area contributed by atoms with Crippen molar-refractivity contribution in [2.75, 3.05) is 5.73 Å². The summed E-state index contributed by atoms with van der Waals surface area (Å²) in [5.41, 5.74) is 7.94. The molecular formula is C9H7N3. The molecule has 0 radical (unpaired) electrons. The molecule has 0 bridgehead atoms. The predicted octanol–water partition coefficient (Wildman–Crippen LogP) is 1.62. The smallest absolute Gasteiger partial charge is 0.0991 e. The highest BCUT2D eigenvalue weighted by atomic mass is 14.7. The van der Waals surface area contributed by atoms with Gasteiger partial charge in [-0.25, -0.2) is 0 Å². The summed E-state index contributed by atoms with van der Waals surface area (Å²) in [5, 5.41) is 9.54. The van der Waals surface area contributed by atoms with E-state index in [1.165, 1.54) is 0 Å². The van der Waals surface area contributed by atoms with Gasteiger partial charge in [-0.1, -0.05) is 0 Å². The van der Waals surface area contributed by atoms with Crippen LogP contribution in [0.1, 0.15) is 5.56 Å². The number of nitrogens with zero attached hydrogens (tertiary/aromatic N) is 1. The van der Waals surface area contributed by atoms with Crippen LogP contribution in [0.3, 0.4) is 0 Å². The Balaban J connectivity index is 2.82. The van der Waals surface area contributed by atoms with Gasteiger partial charge in [-0.05, 0) is 18.2 Å². The number of anilines is 1. The van der Waals surface area contributed by atoms with Gasteiger partial charge in [0.1, 0.15) is 0 Å². The zero-order chi connectivity index (χ0) is 8.55. The number of aromatic nitrogens is 1. The molecule has 3 nitrogen and oxygen atoms in total. The van der Waals surface area contributed by atoms with Gasteiger partial charge < -0.3 is 10.7 Å². The summed E-state index contributed by atoms with van der Waals surface area (Å²) in [5.74, 6) is 0. The number of nitrogens with two attached hydrogens (primary N) is 1. The van der Waals surface area contributed by atoms with E-state index in [1.54, 1.807) is 18.3 Å². The molecule has 2 rings (SSSR count). The monoisotopic (exact) mass is 157 g/mol. The van der Waals surface area contributed by atoms with Gasteiger partial charge in [0.25, 0.3) is 0 Å². The van der Waals surface area contributed by atoms with Gasteiger partial charge in [0.05, 0.1) is 17.3 Å². The number of nitriles is 1. The minimum Gasteiger partial charge on any atom is -0.397 e. The molecule has 1 heterocycles. The molecule has 0 spiro atoms. The van der Waals surface area contributed by atoms with Crippen LogP contribution >= 0.6 is 0 Å². The van der Waals surface area contributed by atoms with Crippen LogP contribution in [-0.2, 0) is 0 Å². The Morgan fingerprint density at radius 3 is 3.00 bits per heavy atom. The molecule has 1 aromatic heterocycles. The number of nitrogens with one attached hydrogen (secondary N) is 1. The Labute approximate surface area is 69.4 Å². The van der Waals surface area contributed by atoms with Crippen molar-refractivity contribution in [3.63, 3.8) is 0 Å². The molecule has 0 unspecified atom stereocenters. The number of hydrogen-bond acceptors (Lipinski definition) is 2. The quantitative estimate of drug-likeness (QED) is 0.610. The average molecular weight is 157 g/mol. The Bertz CT molecular complexity index is 462. The summed E-state index contributed by atoms with van der Waals surface area (Å²) < 4.78 is 0. The summed E-state index contributed by atoms with van der Waals surface area (Å²) in [7, 11) is 0. The fraction of sp³-hybridized carbons (Fsp3) is 0. The molecule has 0 saturated heterocycles. The maximum Gasteiger partial charge on any atom is 0.0991 e. The molecule has 3 N–H and O–H groups in total. The first-order valence-electron chi connectivity index (χ1n) is 3.58. The van der Waals surface area contributed by atoms with Gasteiger partial charge in [0, 0.05) is 17.1 Å². The first-order valence-corrected chi connectivity index (χ1v) is 3.58. The largest absolute Gasteiger partial charge is 0.397 e. The molecule has 0 amide bonds. The maximum atomic E-state index is 8.62. The third-order valence-corrected chi connectivity index (χ3v) is 1.84. The van der Waals surface area contributed by atoms with Crippen molar-refractivity contribution in [3.8, 4) is 6.07 Å². The molecule has 0 atom stereocenters. The highest BCUT2D eigenvalue weighted by Crippen LogP contribution is 2.20. The number of nitrogen functional groups attached to an aromatic ring is 1. The molecule has 0 aliphatic rings. The van der Waals surface area contributed by atoms with Gasteiger partial charge in [-0.3, -0.25) is 0 Å². The Morgan fingerprint density at radius 1 is 1.42 bits per heavy atom. The van der Waals surface area contributed by atoms with Crippen molar-refractivity contribution < 1.29 is 0 Å². The predicted molar refractivity (Wildman–Crippen MR) is 47.4 cm³/mol. The zero-order valence-electron chi connectivity index (χ0n) is 6.33. The lowest BCUT2D eigenvalue weighted by Crippen LogP contribution is -1.80. The van der Waals surface area contributed by atoms with E-state index in [9.17, 15) is 0 Å². The van der Waals surface area contributed by atoms with Crippen LogP contribution in [0.25, 0.3) is 10.9 Å². The number of H-pyrrole nitrogens is 1. The van der Waals surface area contributed by atoms with Crippen LogP contribution in [-0.4, -0.2) is 4.98 Å². The Hall–Kier alpha value is -1.95. The fourth-order valence-electron chi connectivity index (χ4n) is 1.21. The van der Waals surface area contributed by atoms with E-state index in [2.05, 4.69) is 11.1 Å². The minimum atomic E-state index is 0.633. The van der Waals surface area contributed by atoms with Crippen molar-refractivity contribution in [2.24, 2.45) is 0 Å². The summed E-state index contributed by atoms with van der Waals surface area (Å²) in [4.78, 5) is 3.00. The molecule has 2 aromatic rings. The summed E-state index contributed by atoms with van der Waals surface area (Å²) in [6.45, 7) is 0. The minimum absolute atomic E-state index is 0.633. The zero-order valence-corrected chi connectivity index (χ0v) is 6.33. The molecular weight excluding hydrogens is 150 g/mol. The van der Waals surface area contributed by atoms with E-state index in [-0.39, 0.29) is 0 Å². The molecule has 58 valence electrons. The van der Waals surface area contributed by atoms with Gasteiger partial charge in [0.2, 0.25) is 0 Å². The van der Waals surface area contributed by atoms with Gasteiger partial charge >= 0.3 is 0 Å². The van der Waals surface area contributed by atoms with Crippen LogP contribution in [0.2, 0.25) is 0 Å². The number of benzene rings is 1. The molecule has 0 fully saturated rings. The van der Waals surface area contributed by atoms with Gasteiger partial charge in [-0.15, -0.1) is 0 Å². The first kappa shape index (κ1) is 6.74. The maximum absolute atomic E-state index is 8.62. The number of hydrogen-bond donors (Lipinski definition) is 2. The fourth-order valence-corrected chi connectivity index (χ4v) is 1.21. The Morgan fingerprint density at radius 2 is 2.25 bits per heavy atom. The van der Waals surface area contributed by atoms with Gasteiger partial charge in [-0.2, -0.15) is 5.26 Å². The summed E-state index contributed by atoms with van der Waals surface area (Å²) >= 11 is 0. The summed E-state index contributed by atoms with van der Waals surface area (Å²) in [6.07, 6.45) is 1.73. The number of aromatic amines is 1. The second-order valence-electron chi connectivity index (χ2n) is 2.62. The van der Waals surface area contributed by atoms with Crippen molar-refractivity contribution in [1.82, 2.24) is 4.98 Å². The van der Waals surface area contributed by atoms with E-state index in [0.717, 1.165) is 10.9 Å². The van der Waals surface area contributed by atoms with E-state index in [4.69, 9.17) is 11.0 Å². The molecule has 0 saturated carbocycles. The highest BCUT2D eigenvalue weighted by molar-refractivity contribution is 5.91. The lowest BCUT2D eigenvalue weighted by atomic mass is 10.1. The van der Waals surface area contributed by atoms with E-state index >= 15 is 0 Å². The third kappa shape index (κ3) is 0.823. The summed E-state index contributed by atoms with van der Waals surface area (Å²) in [6, 6.07) is 7.46. The van der Waals surface area contributed by atoms with Crippen LogP contribution in [0.15, 0.2) is 24.4 Å². The van der Waals surface area contributed by atoms with Crippen molar-refractivity contribution >= 4 is 16.6 Å². The Kier molecular flexibility index (Phi) is 1.28. The SMILES string of the molecule is N#Cc1ccc2[nH]cc(N)c2c1. The van der Waals surface area contributed by atoms with Crippen molar-refractivity contribution in [2.45, 2.75) is 0 Å². The molecule has 12 heavy (non-hydrogen) atoms. The van der Waals surface area contributed by atoms with Crippen LogP contribution in [0.5, 0.6) is 0 Å². The lowest BCUT2D eigenvalue weighted by molar-refractivity contribution is 1.47. The van der Waals surface area contributed by atoms with Crippen molar-refractivity contribution in [1.29, 1.82) is 5.26 Å². The average Bonchev–Trinajstić information content (AvgIpc) is 2.47. The third-order valence-electron chi connectivity index (χ3n) is 1.84. The molecule has 1 aromatic carbocycles. The standard InChI is InChI=1S/C9H7N3/c10-4-6-1-2-9-7(3-6)8(11)5-12-9/h1-3,5,12H,11H2.